The van der Waals surface area contributed by atoms with Crippen molar-refractivity contribution < 1.29 is 9.47 Å². The van der Waals surface area contributed by atoms with Gasteiger partial charge in [-0.05, 0) is 25.0 Å². The molecule has 136 valence electrons. The van der Waals surface area contributed by atoms with Crippen LogP contribution in [0.2, 0.25) is 5.02 Å². The molecule has 5 nitrogen and oxygen atoms in total. The molecule has 0 aliphatic heterocycles. The maximum Gasteiger partial charge on any atom is 0.191 e. The number of hydrogen-bond donors (Lipinski definition) is 2. The molecule has 0 aliphatic carbocycles. The van der Waals surface area contributed by atoms with Crippen LogP contribution in [0.5, 0.6) is 0 Å². The van der Waals surface area contributed by atoms with E-state index in [-0.39, 0.29) is 6.04 Å². The van der Waals surface area contributed by atoms with Crippen LogP contribution in [0.15, 0.2) is 29.3 Å². The van der Waals surface area contributed by atoms with Crippen molar-refractivity contribution in [2.24, 2.45) is 4.99 Å². The minimum Gasteiger partial charge on any atom is -0.379 e. The van der Waals surface area contributed by atoms with E-state index in [9.17, 15) is 0 Å². The fourth-order valence-corrected chi connectivity index (χ4v) is 2.41. The molecule has 0 saturated carbocycles. The molecule has 0 bridgehead atoms. The summed E-state index contributed by atoms with van der Waals surface area (Å²) in [7, 11) is 1.75. The lowest BCUT2D eigenvalue weighted by atomic mass is 10.1. The van der Waals surface area contributed by atoms with E-state index in [1.807, 2.05) is 24.3 Å². The van der Waals surface area contributed by atoms with E-state index in [4.69, 9.17) is 21.1 Å². The van der Waals surface area contributed by atoms with E-state index >= 15 is 0 Å². The molecule has 1 rings (SSSR count). The van der Waals surface area contributed by atoms with E-state index in [2.05, 4.69) is 29.5 Å². The Hall–Kier alpha value is -1.30. The van der Waals surface area contributed by atoms with Gasteiger partial charge in [0.15, 0.2) is 5.96 Å². The van der Waals surface area contributed by atoms with Gasteiger partial charge in [0.05, 0.1) is 25.9 Å². The fraction of sp³-hybridized carbons (Fsp3) is 0.611. The van der Waals surface area contributed by atoms with Gasteiger partial charge in [-0.3, -0.25) is 4.99 Å². The second-order valence-corrected chi connectivity index (χ2v) is 5.87. The molecular formula is C18H30ClN3O2. The number of unbranched alkanes of at least 4 members (excludes halogenated alkanes) is 1. The summed E-state index contributed by atoms with van der Waals surface area (Å²) in [5.74, 6) is 0.727. The monoisotopic (exact) mass is 355 g/mol. The predicted molar refractivity (Wildman–Crippen MR) is 101 cm³/mol. The zero-order valence-electron chi connectivity index (χ0n) is 15.0. The van der Waals surface area contributed by atoms with Crippen molar-refractivity contribution >= 4 is 17.6 Å². The van der Waals surface area contributed by atoms with E-state index in [0.29, 0.717) is 26.4 Å². The van der Waals surface area contributed by atoms with Crippen LogP contribution in [0.1, 0.15) is 38.3 Å². The van der Waals surface area contributed by atoms with Crippen LogP contribution in [0.4, 0.5) is 0 Å². The van der Waals surface area contributed by atoms with Crippen molar-refractivity contribution in [3.05, 3.63) is 34.9 Å². The summed E-state index contributed by atoms with van der Waals surface area (Å²) in [6.45, 7) is 7.58. The number of guanidine groups is 1. The van der Waals surface area contributed by atoms with Gasteiger partial charge in [0.25, 0.3) is 0 Å². The predicted octanol–water partition coefficient (Wildman–Crippen LogP) is 3.40. The molecule has 0 radical (unpaired) electrons. The summed E-state index contributed by atoms with van der Waals surface area (Å²) in [6.07, 6.45) is 2.26. The van der Waals surface area contributed by atoms with E-state index < -0.39 is 0 Å². The molecule has 0 aliphatic rings. The third-order valence-corrected chi connectivity index (χ3v) is 3.85. The molecular weight excluding hydrogens is 326 g/mol. The smallest absolute Gasteiger partial charge is 0.191 e. The number of nitrogens with one attached hydrogen (secondary N) is 2. The normalized spacial score (nSPS) is 12.9. The lowest BCUT2D eigenvalue weighted by Gasteiger charge is -2.19. The van der Waals surface area contributed by atoms with Crippen molar-refractivity contribution in [1.82, 2.24) is 10.6 Å². The summed E-state index contributed by atoms with van der Waals surface area (Å²) < 4.78 is 11.0. The molecule has 0 saturated heterocycles. The Balaban J connectivity index is 2.18. The zero-order chi connectivity index (χ0) is 17.6. The number of benzene rings is 1. The number of ether oxygens (including phenoxy) is 2. The first-order valence-corrected chi connectivity index (χ1v) is 8.94. The second-order valence-electron chi connectivity index (χ2n) is 5.46. The largest absolute Gasteiger partial charge is 0.379 e. The summed E-state index contributed by atoms with van der Waals surface area (Å²) in [6, 6.07) is 7.87. The number of rotatable bonds is 11. The van der Waals surface area contributed by atoms with E-state index in [0.717, 1.165) is 36.0 Å². The SMILES string of the molecule is CCCCOCCOCCNC(=NC)NC(C)c1ccccc1Cl. The molecule has 0 heterocycles. The van der Waals surface area contributed by atoms with Gasteiger partial charge in [0.2, 0.25) is 0 Å². The Labute approximate surface area is 150 Å². The number of nitrogens with zero attached hydrogens (tertiary/aromatic N) is 1. The molecule has 0 spiro atoms. The van der Waals surface area contributed by atoms with Gasteiger partial charge >= 0.3 is 0 Å². The van der Waals surface area contributed by atoms with Gasteiger partial charge < -0.3 is 20.1 Å². The van der Waals surface area contributed by atoms with Crippen molar-refractivity contribution in [2.75, 3.05) is 40.0 Å². The van der Waals surface area contributed by atoms with Gasteiger partial charge in [-0.1, -0.05) is 43.1 Å². The van der Waals surface area contributed by atoms with E-state index in [1.165, 1.54) is 0 Å². The maximum atomic E-state index is 6.22. The molecule has 1 aromatic carbocycles. The molecule has 6 heteroatoms. The Morgan fingerprint density at radius 1 is 1.17 bits per heavy atom. The third kappa shape index (κ3) is 8.52. The fourth-order valence-electron chi connectivity index (χ4n) is 2.11. The standard InChI is InChI=1S/C18H30ClN3O2/c1-4-5-11-23-13-14-24-12-10-21-18(20-3)22-15(2)16-8-6-7-9-17(16)19/h6-9,15H,4-5,10-14H2,1-3H3,(H2,20,21,22). The second kappa shape index (κ2) is 13.0. The van der Waals surface area contributed by atoms with Crippen LogP contribution >= 0.6 is 11.6 Å². The van der Waals surface area contributed by atoms with Crippen molar-refractivity contribution in [2.45, 2.75) is 32.7 Å². The first kappa shape index (κ1) is 20.7. The molecule has 0 amide bonds. The molecule has 0 fully saturated rings. The van der Waals surface area contributed by atoms with Crippen LogP contribution in [0, 0.1) is 0 Å². The molecule has 1 aromatic rings. The molecule has 2 N–H and O–H groups in total. The first-order valence-electron chi connectivity index (χ1n) is 8.56. The molecule has 0 aromatic heterocycles. The summed E-state index contributed by atoms with van der Waals surface area (Å²) in [5.41, 5.74) is 1.04. The highest BCUT2D eigenvalue weighted by atomic mass is 35.5. The van der Waals surface area contributed by atoms with Crippen LogP contribution in [-0.2, 0) is 9.47 Å². The highest BCUT2D eigenvalue weighted by molar-refractivity contribution is 6.31. The lowest BCUT2D eigenvalue weighted by Crippen LogP contribution is -2.40. The minimum absolute atomic E-state index is 0.0674. The van der Waals surface area contributed by atoms with Gasteiger partial charge in [-0.15, -0.1) is 0 Å². The lowest BCUT2D eigenvalue weighted by molar-refractivity contribution is 0.0487. The van der Waals surface area contributed by atoms with Gasteiger partial charge in [0, 0.05) is 25.2 Å². The van der Waals surface area contributed by atoms with Crippen molar-refractivity contribution in [3.63, 3.8) is 0 Å². The van der Waals surface area contributed by atoms with E-state index in [1.54, 1.807) is 7.05 Å². The Morgan fingerprint density at radius 3 is 2.54 bits per heavy atom. The van der Waals surface area contributed by atoms with Crippen molar-refractivity contribution in [3.8, 4) is 0 Å². The van der Waals surface area contributed by atoms with Gasteiger partial charge in [-0.25, -0.2) is 0 Å². The van der Waals surface area contributed by atoms with Crippen LogP contribution in [-0.4, -0.2) is 46.0 Å². The van der Waals surface area contributed by atoms with Crippen LogP contribution in [0.25, 0.3) is 0 Å². The Kier molecular flexibility index (Phi) is 11.3. The number of hydrogen-bond acceptors (Lipinski definition) is 3. The van der Waals surface area contributed by atoms with Gasteiger partial charge in [0.1, 0.15) is 0 Å². The number of halogens is 1. The molecule has 1 unspecified atom stereocenters. The Bertz CT molecular complexity index is 483. The van der Waals surface area contributed by atoms with Crippen LogP contribution in [0.3, 0.4) is 0 Å². The number of aliphatic imine (C=N–C) groups is 1. The van der Waals surface area contributed by atoms with Crippen molar-refractivity contribution in [1.29, 1.82) is 0 Å². The third-order valence-electron chi connectivity index (χ3n) is 3.50. The maximum absolute atomic E-state index is 6.22. The van der Waals surface area contributed by atoms with Gasteiger partial charge in [-0.2, -0.15) is 0 Å². The summed E-state index contributed by atoms with van der Waals surface area (Å²) in [4.78, 5) is 4.22. The first-order chi connectivity index (χ1) is 11.7. The average Bonchev–Trinajstić information content (AvgIpc) is 2.59. The zero-order valence-corrected chi connectivity index (χ0v) is 15.7. The molecule has 24 heavy (non-hydrogen) atoms. The topological polar surface area (TPSA) is 54.9 Å². The average molecular weight is 356 g/mol. The minimum atomic E-state index is 0.0674. The quantitative estimate of drug-likeness (QED) is 0.363. The van der Waals surface area contributed by atoms with Crippen LogP contribution < -0.4 is 10.6 Å². The summed E-state index contributed by atoms with van der Waals surface area (Å²) in [5, 5.41) is 7.30. The molecule has 1 atom stereocenters. The Morgan fingerprint density at radius 2 is 1.88 bits per heavy atom. The highest BCUT2D eigenvalue weighted by Crippen LogP contribution is 2.21. The summed E-state index contributed by atoms with van der Waals surface area (Å²) >= 11 is 6.22. The highest BCUT2D eigenvalue weighted by Gasteiger charge is 2.10.